The number of nitrogens with zero attached hydrogens (tertiary/aromatic N) is 2. The van der Waals surface area contributed by atoms with E-state index < -0.39 is 0 Å². The molecule has 2 aromatic rings. The summed E-state index contributed by atoms with van der Waals surface area (Å²) in [7, 11) is 3.78. The van der Waals surface area contributed by atoms with E-state index in [9.17, 15) is 4.79 Å². The lowest BCUT2D eigenvalue weighted by Crippen LogP contribution is -2.37. The molecule has 1 aromatic heterocycles. The number of hydrogen-bond acceptors (Lipinski definition) is 5. The molecular formula is C20H27N3O3. The maximum Gasteiger partial charge on any atom is 0.220 e. The second-order valence-electron chi connectivity index (χ2n) is 6.86. The third kappa shape index (κ3) is 4.85. The van der Waals surface area contributed by atoms with Gasteiger partial charge in [-0.05, 0) is 45.0 Å². The summed E-state index contributed by atoms with van der Waals surface area (Å²) in [4.78, 5) is 14.5. The molecule has 1 amide bonds. The zero-order valence-corrected chi connectivity index (χ0v) is 15.5. The topological polar surface area (TPSA) is 67.6 Å². The third-order valence-electron chi connectivity index (χ3n) is 5.01. The quantitative estimate of drug-likeness (QED) is 0.824. The molecule has 0 spiro atoms. The molecule has 1 unspecified atom stereocenters. The van der Waals surface area contributed by atoms with Gasteiger partial charge in [-0.1, -0.05) is 23.7 Å². The minimum atomic E-state index is 0.0586. The fourth-order valence-electron chi connectivity index (χ4n) is 3.40. The van der Waals surface area contributed by atoms with Gasteiger partial charge in [-0.15, -0.1) is 0 Å². The highest BCUT2D eigenvalue weighted by molar-refractivity contribution is 5.75. The number of ether oxygens (including phenoxy) is 1. The average Bonchev–Trinajstić information content (AvgIpc) is 3.15. The Bertz CT molecular complexity index is 729. The first kappa shape index (κ1) is 18.5. The van der Waals surface area contributed by atoms with Crippen molar-refractivity contribution in [1.29, 1.82) is 0 Å². The van der Waals surface area contributed by atoms with E-state index in [1.165, 1.54) is 19.3 Å². The van der Waals surface area contributed by atoms with Gasteiger partial charge < -0.3 is 19.5 Å². The molecule has 1 atom stereocenters. The van der Waals surface area contributed by atoms with E-state index in [0.29, 0.717) is 24.8 Å². The largest absolute Gasteiger partial charge is 0.497 e. The maximum atomic E-state index is 12.1. The van der Waals surface area contributed by atoms with E-state index in [0.717, 1.165) is 30.0 Å². The van der Waals surface area contributed by atoms with Gasteiger partial charge in [-0.3, -0.25) is 4.79 Å². The lowest BCUT2D eigenvalue weighted by atomic mass is 9.98. The number of methoxy groups -OCH3 is 1. The van der Waals surface area contributed by atoms with Crippen molar-refractivity contribution in [2.75, 3.05) is 20.7 Å². The van der Waals surface area contributed by atoms with E-state index in [1.807, 2.05) is 30.3 Å². The molecule has 1 saturated heterocycles. The molecule has 1 fully saturated rings. The summed E-state index contributed by atoms with van der Waals surface area (Å²) in [6, 6.07) is 10.0. The predicted molar refractivity (Wildman–Crippen MR) is 99.8 cm³/mol. The minimum Gasteiger partial charge on any atom is -0.497 e. The van der Waals surface area contributed by atoms with Gasteiger partial charge in [0, 0.05) is 24.1 Å². The molecule has 140 valence electrons. The van der Waals surface area contributed by atoms with Crippen molar-refractivity contribution in [3.63, 3.8) is 0 Å². The Hall–Kier alpha value is -2.34. The summed E-state index contributed by atoms with van der Waals surface area (Å²) in [5, 5.41) is 7.01. The van der Waals surface area contributed by atoms with Crippen molar-refractivity contribution in [2.24, 2.45) is 0 Å². The van der Waals surface area contributed by atoms with Crippen LogP contribution in [0.2, 0.25) is 0 Å². The van der Waals surface area contributed by atoms with Gasteiger partial charge >= 0.3 is 0 Å². The highest BCUT2D eigenvalue weighted by atomic mass is 16.5. The van der Waals surface area contributed by atoms with Crippen LogP contribution >= 0.6 is 0 Å². The molecule has 1 aliphatic rings. The van der Waals surface area contributed by atoms with E-state index in [1.54, 1.807) is 7.11 Å². The molecule has 1 aromatic carbocycles. The highest BCUT2D eigenvalue weighted by Gasteiger charge is 2.19. The van der Waals surface area contributed by atoms with Crippen molar-refractivity contribution < 1.29 is 14.1 Å². The number of hydrogen-bond donors (Lipinski definition) is 1. The van der Waals surface area contributed by atoms with Crippen molar-refractivity contribution >= 4 is 5.91 Å². The van der Waals surface area contributed by atoms with Crippen LogP contribution in [0.25, 0.3) is 11.3 Å². The second kappa shape index (κ2) is 8.85. The number of rotatable bonds is 7. The first-order chi connectivity index (χ1) is 12.7. The molecule has 0 saturated carbocycles. The molecule has 0 bridgehead atoms. The van der Waals surface area contributed by atoms with Crippen LogP contribution in [-0.4, -0.2) is 42.7 Å². The van der Waals surface area contributed by atoms with Crippen LogP contribution in [0.5, 0.6) is 5.75 Å². The Labute approximate surface area is 154 Å². The summed E-state index contributed by atoms with van der Waals surface area (Å²) >= 11 is 0. The Kier molecular flexibility index (Phi) is 6.28. The van der Waals surface area contributed by atoms with E-state index in [2.05, 4.69) is 22.4 Å². The molecule has 0 aliphatic carbocycles. The summed E-state index contributed by atoms with van der Waals surface area (Å²) in [6.45, 7) is 1.49. The van der Waals surface area contributed by atoms with Gasteiger partial charge in [0.1, 0.15) is 11.4 Å². The molecule has 2 heterocycles. The lowest BCUT2D eigenvalue weighted by molar-refractivity contribution is -0.121. The van der Waals surface area contributed by atoms with Crippen molar-refractivity contribution in [3.05, 3.63) is 36.1 Å². The van der Waals surface area contributed by atoms with E-state index >= 15 is 0 Å². The molecule has 26 heavy (non-hydrogen) atoms. The standard InChI is InChI=1S/C20H27N3O3/c1-23-11-4-3-7-16(23)9-10-20(24)21-14-18-13-19(22-26-18)15-6-5-8-17(12-15)25-2/h5-6,8,12-13,16H,3-4,7,9-11,14H2,1-2H3,(H,21,24). The third-order valence-corrected chi connectivity index (χ3v) is 5.01. The molecule has 6 heteroatoms. The number of aromatic nitrogens is 1. The van der Waals surface area contributed by atoms with Gasteiger partial charge in [0.05, 0.1) is 13.7 Å². The van der Waals surface area contributed by atoms with Crippen LogP contribution in [0, 0.1) is 0 Å². The molecule has 0 radical (unpaired) electrons. The lowest BCUT2D eigenvalue weighted by Gasteiger charge is -2.32. The second-order valence-corrected chi connectivity index (χ2v) is 6.86. The number of amides is 1. The van der Waals surface area contributed by atoms with Crippen LogP contribution in [-0.2, 0) is 11.3 Å². The SMILES string of the molecule is COc1cccc(-c2cc(CNC(=O)CCC3CCCCN3C)on2)c1. The van der Waals surface area contributed by atoms with Gasteiger partial charge in [-0.25, -0.2) is 0 Å². The van der Waals surface area contributed by atoms with Gasteiger partial charge in [0.15, 0.2) is 5.76 Å². The van der Waals surface area contributed by atoms with Gasteiger partial charge in [0.25, 0.3) is 0 Å². The van der Waals surface area contributed by atoms with Crippen molar-refractivity contribution in [3.8, 4) is 17.0 Å². The van der Waals surface area contributed by atoms with Crippen molar-refractivity contribution in [2.45, 2.75) is 44.7 Å². The zero-order chi connectivity index (χ0) is 18.4. The normalized spacial score (nSPS) is 17.8. The monoisotopic (exact) mass is 357 g/mol. The predicted octanol–water partition coefficient (Wildman–Crippen LogP) is 3.23. The Morgan fingerprint density at radius 3 is 3.08 bits per heavy atom. The first-order valence-corrected chi connectivity index (χ1v) is 9.22. The summed E-state index contributed by atoms with van der Waals surface area (Å²) < 4.78 is 10.6. The van der Waals surface area contributed by atoms with Crippen LogP contribution in [0.3, 0.4) is 0 Å². The average molecular weight is 357 g/mol. The zero-order valence-electron chi connectivity index (χ0n) is 15.5. The van der Waals surface area contributed by atoms with Crippen LogP contribution in [0.15, 0.2) is 34.9 Å². The van der Waals surface area contributed by atoms with E-state index in [-0.39, 0.29) is 5.91 Å². The minimum absolute atomic E-state index is 0.0586. The Morgan fingerprint density at radius 2 is 2.27 bits per heavy atom. The summed E-state index contributed by atoms with van der Waals surface area (Å²) in [6.07, 6.45) is 5.18. The highest BCUT2D eigenvalue weighted by Crippen LogP contribution is 2.23. The number of piperidine rings is 1. The van der Waals surface area contributed by atoms with Crippen LogP contribution in [0.1, 0.15) is 37.9 Å². The number of carbonyl (C=O) groups excluding carboxylic acids is 1. The molecule has 6 nitrogen and oxygen atoms in total. The Morgan fingerprint density at radius 1 is 1.38 bits per heavy atom. The van der Waals surface area contributed by atoms with Gasteiger partial charge in [0.2, 0.25) is 5.91 Å². The molecule has 3 rings (SSSR count). The Balaban J connectivity index is 1.47. The fraction of sp³-hybridized carbons (Fsp3) is 0.500. The fourth-order valence-corrected chi connectivity index (χ4v) is 3.40. The smallest absolute Gasteiger partial charge is 0.220 e. The molecule has 1 aliphatic heterocycles. The molecular weight excluding hydrogens is 330 g/mol. The van der Waals surface area contributed by atoms with Gasteiger partial charge in [-0.2, -0.15) is 0 Å². The van der Waals surface area contributed by atoms with Crippen LogP contribution in [0.4, 0.5) is 0 Å². The summed E-state index contributed by atoms with van der Waals surface area (Å²) in [5.74, 6) is 1.47. The first-order valence-electron chi connectivity index (χ1n) is 9.22. The summed E-state index contributed by atoms with van der Waals surface area (Å²) in [5.41, 5.74) is 1.66. The number of nitrogens with one attached hydrogen (secondary N) is 1. The maximum absolute atomic E-state index is 12.1. The van der Waals surface area contributed by atoms with E-state index in [4.69, 9.17) is 9.26 Å². The van der Waals surface area contributed by atoms with Crippen molar-refractivity contribution in [1.82, 2.24) is 15.4 Å². The number of carbonyl (C=O) groups is 1. The molecule has 1 N–H and O–H groups in total. The number of likely N-dealkylation sites (tertiary alicyclic amines) is 1. The number of benzene rings is 1. The van der Waals surface area contributed by atoms with Crippen LogP contribution < -0.4 is 10.1 Å².